The molecule has 2 aromatic rings. The molecule has 0 saturated heterocycles. The van der Waals surface area contributed by atoms with Crippen LogP contribution in [0.15, 0.2) is 24.5 Å². The summed E-state index contributed by atoms with van der Waals surface area (Å²) in [7, 11) is 1.94. The fourth-order valence-corrected chi connectivity index (χ4v) is 1.58. The van der Waals surface area contributed by atoms with E-state index in [1.807, 2.05) is 13.2 Å². The van der Waals surface area contributed by atoms with Crippen LogP contribution < -0.4 is 5.32 Å². The van der Waals surface area contributed by atoms with Gasteiger partial charge in [0.05, 0.1) is 17.8 Å². The van der Waals surface area contributed by atoms with E-state index in [1.54, 1.807) is 0 Å². The summed E-state index contributed by atoms with van der Waals surface area (Å²) in [6.07, 6.45) is 3.98. The monoisotopic (exact) mass is 189 g/mol. The second-order valence-corrected chi connectivity index (χ2v) is 3.63. The van der Waals surface area contributed by atoms with E-state index in [2.05, 4.69) is 46.9 Å². The standard InChI is InChI=1S/C11H15N3/c1-8-4-5-14-10(6-8)7-13-11(14)9(2)12-3/h4-7,9,12H,1-3H3. The van der Waals surface area contributed by atoms with Crippen LogP contribution in [0.4, 0.5) is 0 Å². The molecule has 74 valence electrons. The highest BCUT2D eigenvalue weighted by Crippen LogP contribution is 2.14. The van der Waals surface area contributed by atoms with Gasteiger partial charge in [-0.15, -0.1) is 0 Å². The van der Waals surface area contributed by atoms with Gasteiger partial charge in [-0.25, -0.2) is 4.98 Å². The molecule has 0 aliphatic carbocycles. The molecule has 1 atom stereocenters. The van der Waals surface area contributed by atoms with Crippen molar-refractivity contribution in [2.75, 3.05) is 7.05 Å². The van der Waals surface area contributed by atoms with Crippen LogP contribution in [0.3, 0.4) is 0 Å². The molecule has 0 fully saturated rings. The van der Waals surface area contributed by atoms with Gasteiger partial charge in [0, 0.05) is 6.20 Å². The van der Waals surface area contributed by atoms with Crippen LogP contribution in [0.2, 0.25) is 0 Å². The fourth-order valence-electron chi connectivity index (χ4n) is 1.58. The maximum Gasteiger partial charge on any atom is 0.130 e. The largest absolute Gasteiger partial charge is 0.311 e. The first-order valence-corrected chi connectivity index (χ1v) is 4.83. The minimum atomic E-state index is 0.278. The molecule has 0 aromatic carbocycles. The molecular formula is C11H15N3. The normalized spacial score (nSPS) is 13.4. The van der Waals surface area contributed by atoms with E-state index in [0.717, 1.165) is 11.3 Å². The van der Waals surface area contributed by atoms with Crippen LogP contribution in [0.1, 0.15) is 24.4 Å². The number of pyridine rings is 1. The average molecular weight is 189 g/mol. The first-order chi connectivity index (χ1) is 6.72. The third-order valence-corrected chi connectivity index (χ3v) is 2.54. The molecule has 1 N–H and O–H groups in total. The lowest BCUT2D eigenvalue weighted by atomic mass is 10.3. The van der Waals surface area contributed by atoms with Crippen molar-refractivity contribution in [3.8, 4) is 0 Å². The molecular weight excluding hydrogens is 174 g/mol. The van der Waals surface area contributed by atoms with E-state index in [0.29, 0.717) is 0 Å². The number of nitrogens with one attached hydrogen (secondary N) is 1. The second-order valence-electron chi connectivity index (χ2n) is 3.63. The molecule has 14 heavy (non-hydrogen) atoms. The summed E-state index contributed by atoms with van der Waals surface area (Å²) >= 11 is 0. The molecule has 3 heteroatoms. The van der Waals surface area contributed by atoms with Gasteiger partial charge in [0.1, 0.15) is 5.82 Å². The van der Waals surface area contributed by atoms with E-state index in [4.69, 9.17) is 0 Å². The van der Waals surface area contributed by atoms with Crippen LogP contribution in [-0.4, -0.2) is 16.4 Å². The zero-order valence-electron chi connectivity index (χ0n) is 8.78. The maximum absolute atomic E-state index is 4.41. The van der Waals surface area contributed by atoms with Crippen molar-refractivity contribution in [3.63, 3.8) is 0 Å². The van der Waals surface area contributed by atoms with Gasteiger partial charge >= 0.3 is 0 Å². The van der Waals surface area contributed by atoms with E-state index >= 15 is 0 Å². The Kier molecular flexibility index (Phi) is 2.25. The number of rotatable bonds is 2. The lowest BCUT2D eigenvalue weighted by Crippen LogP contribution is -2.15. The smallest absolute Gasteiger partial charge is 0.130 e. The van der Waals surface area contributed by atoms with Gasteiger partial charge < -0.3 is 9.72 Å². The zero-order chi connectivity index (χ0) is 10.1. The Morgan fingerprint density at radius 3 is 3.00 bits per heavy atom. The van der Waals surface area contributed by atoms with E-state index in [1.165, 1.54) is 5.56 Å². The van der Waals surface area contributed by atoms with Gasteiger partial charge in [-0.3, -0.25) is 0 Å². The number of aryl methyl sites for hydroxylation is 1. The minimum Gasteiger partial charge on any atom is -0.311 e. The maximum atomic E-state index is 4.41. The highest BCUT2D eigenvalue weighted by atomic mass is 15.1. The Morgan fingerprint density at radius 1 is 1.50 bits per heavy atom. The fraction of sp³-hybridized carbons (Fsp3) is 0.364. The van der Waals surface area contributed by atoms with Crippen LogP contribution in [0.25, 0.3) is 5.52 Å². The van der Waals surface area contributed by atoms with E-state index in [-0.39, 0.29) is 6.04 Å². The molecule has 0 aliphatic heterocycles. The number of hydrogen-bond donors (Lipinski definition) is 1. The van der Waals surface area contributed by atoms with Crippen LogP contribution in [-0.2, 0) is 0 Å². The second kappa shape index (κ2) is 3.42. The molecule has 2 heterocycles. The number of nitrogens with zero attached hydrogens (tertiary/aromatic N) is 2. The highest BCUT2D eigenvalue weighted by molar-refractivity contribution is 5.48. The van der Waals surface area contributed by atoms with Gasteiger partial charge in [0.2, 0.25) is 0 Å². The van der Waals surface area contributed by atoms with Crippen molar-refractivity contribution < 1.29 is 0 Å². The van der Waals surface area contributed by atoms with Gasteiger partial charge in [0.15, 0.2) is 0 Å². The number of aromatic nitrogens is 2. The Hall–Kier alpha value is -1.35. The van der Waals surface area contributed by atoms with Crippen LogP contribution in [0.5, 0.6) is 0 Å². The molecule has 2 rings (SSSR count). The predicted octanol–water partition coefficient (Wildman–Crippen LogP) is 1.92. The van der Waals surface area contributed by atoms with Crippen molar-refractivity contribution in [2.24, 2.45) is 0 Å². The topological polar surface area (TPSA) is 29.3 Å². The Labute approximate surface area is 83.8 Å². The molecule has 2 aromatic heterocycles. The predicted molar refractivity (Wildman–Crippen MR) is 57.4 cm³/mol. The van der Waals surface area contributed by atoms with Crippen molar-refractivity contribution in [3.05, 3.63) is 35.9 Å². The van der Waals surface area contributed by atoms with E-state index in [9.17, 15) is 0 Å². The number of hydrogen-bond acceptors (Lipinski definition) is 2. The lowest BCUT2D eigenvalue weighted by Gasteiger charge is -2.08. The number of imidazole rings is 1. The van der Waals surface area contributed by atoms with Gasteiger partial charge in [-0.05, 0) is 38.6 Å². The first-order valence-electron chi connectivity index (χ1n) is 4.83. The first kappa shape index (κ1) is 9.21. The minimum absolute atomic E-state index is 0.278. The van der Waals surface area contributed by atoms with E-state index < -0.39 is 0 Å². The third-order valence-electron chi connectivity index (χ3n) is 2.54. The van der Waals surface area contributed by atoms with Crippen molar-refractivity contribution in [2.45, 2.75) is 19.9 Å². The van der Waals surface area contributed by atoms with Crippen molar-refractivity contribution >= 4 is 5.52 Å². The highest BCUT2D eigenvalue weighted by Gasteiger charge is 2.08. The summed E-state index contributed by atoms with van der Waals surface area (Å²) in [4.78, 5) is 4.41. The Morgan fingerprint density at radius 2 is 2.29 bits per heavy atom. The molecule has 0 aliphatic rings. The van der Waals surface area contributed by atoms with Crippen LogP contribution in [0, 0.1) is 6.92 Å². The summed E-state index contributed by atoms with van der Waals surface area (Å²) < 4.78 is 2.12. The van der Waals surface area contributed by atoms with Crippen molar-refractivity contribution in [1.82, 2.24) is 14.7 Å². The quantitative estimate of drug-likeness (QED) is 0.782. The van der Waals surface area contributed by atoms with Crippen LogP contribution >= 0.6 is 0 Å². The summed E-state index contributed by atoms with van der Waals surface area (Å²) in [5, 5.41) is 3.19. The number of fused-ring (bicyclic) bond motifs is 1. The van der Waals surface area contributed by atoms with Gasteiger partial charge in [-0.2, -0.15) is 0 Å². The summed E-state index contributed by atoms with van der Waals surface area (Å²) in [6.45, 7) is 4.20. The van der Waals surface area contributed by atoms with Gasteiger partial charge in [0.25, 0.3) is 0 Å². The molecule has 0 amide bonds. The lowest BCUT2D eigenvalue weighted by molar-refractivity contribution is 0.608. The molecule has 0 bridgehead atoms. The average Bonchev–Trinajstić information content (AvgIpc) is 2.59. The van der Waals surface area contributed by atoms with Gasteiger partial charge in [-0.1, -0.05) is 0 Å². The summed E-state index contributed by atoms with van der Waals surface area (Å²) in [6, 6.07) is 4.51. The SMILES string of the molecule is CNC(C)c1ncc2cc(C)ccn12. The molecule has 0 radical (unpaired) electrons. The molecule has 0 spiro atoms. The zero-order valence-corrected chi connectivity index (χ0v) is 8.78. The van der Waals surface area contributed by atoms with Crippen molar-refractivity contribution in [1.29, 1.82) is 0 Å². The third kappa shape index (κ3) is 1.40. The molecule has 3 nitrogen and oxygen atoms in total. The summed E-state index contributed by atoms with van der Waals surface area (Å²) in [5.74, 6) is 1.06. The molecule has 0 saturated carbocycles. The Balaban J connectivity index is 2.58. The molecule has 1 unspecified atom stereocenters. The Bertz CT molecular complexity index is 445. The summed E-state index contributed by atoms with van der Waals surface area (Å²) in [5.41, 5.74) is 2.42.